The summed E-state index contributed by atoms with van der Waals surface area (Å²) >= 11 is 1.75. The second kappa shape index (κ2) is 13.3. The Morgan fingerprint density at radius 2 is 1.08 bits per heavy atom. The van der Waals surface area contributed by atoms with E-state index in [1.807, 2.05) is 0 Å². The summed E-state index contributed by atoms with van der Waals surface area (Å²) in [4.78, 5) is 10.9. The highest BCUT2D eigenvalue weighted by Gasteiger charge is 2.23. The van der Waals surface area contributed by atoms with E-state index in [2.05, 4.69) is 205 Å². The van der Waals surface area contributed by atoms with Crippen LogP contribution < -0.4 is 0 Å². The van der Waals surface area contributed by atoms with Crippen molar-refractivity contribution in [2.45, 2.75) is 0 Å². The molecule has 4 nitrogen and oxygen atoms in total. The molecule has 0 aliphatic rings. The quantitative estimate of drug-likeness (QED) is 0.174. The molecule has 4 aromatic heterocycles. The molecule has 5 heteroatoms. The van der Waals surface area contributed by atoms with Crippen molar-refractivity contribution >= 4 is 86.2 Å². The monoisotopic (exact) mass is 795 g/mol. The molecular weight excluding hydrogens is 763 g/mol. The topological polar surface area (TPSA) is 43.9 Å². The number of thiophene rings is 1. The minimum atomic E-state index is 0.643. The van der Waals surface area contributed by atoms with Crippen LogP contribution in [-0.4, -0.2) is 14.5 Å². The second-order valence-corrected chi connectivity index (χ2v) is 16.7. The molecule has 9 aromatic carbocycles. The van der Waals surface area contributed by atoms with Crippen molar-refractivity contribution in [2.24, 2.45) is 0 Å². The Hall–Kier alpha value is -7.86. The van der Waals surface area contributed by atoms with Crippen molar-refractivity contribution in [3.05, 3.63) is 200 Å². The normalized spacial score (nSPS) is 11.9. The van der Waals surface area contributed by atoms with Gasteiger partial charge >= 0.3 is 0 Å². The molecule has 0 fully saturated rings. The smallest absolute Gasteiger partial charge is 0.164 e. The molecule has 13 aromatic rings. The van der Waals surface area contributed by atoms with Gasteiger partial charge in [0.1, 0.15) is 11.2 Å². The fraction of sp³-hybridized carbons (Fsp3) is 0. The van der Waals surface area contributed by atoms with Gasteiger partial charge in [-0.1, -0.05) is 158 Å². The molecule has 0 saturated carbocycles. The Morgan fingerprint density at radius 1 is 0.426 bits per heavy atom. The Bertz CT molecular complexity index is 3860. The molecule has 0 bridgehead atoms. The first-order valence-electron chi connectivity index (χ1n) is 20.6. The van der Waals surface area contributed by atoms with Gasteiger partial charge < -0.3 is 8.98 Å². The van der Waals surface area contributed by atoms with E-state index in [-0.39, 0.29) is 0 Å². The summed E-state index contributed by atoms with van der Waals surface area (Å²) in [5.41, 5.74) is 13.4. The van der Waals surface area contributed by atoms with Crippen LogP contribution in [-0.2, 0) is 0 Å². The van der Waals surface area contributed by atoms with Gasteiger partial charge in [0.15, 0.2) is 5.82 Å². The minimum Gasteiger partial charge on any atom is -0.455 e. The van der Waals surface area contributed by atoms with Crippen molar-refractivity contribution in [3.63, 3.8) is 0 Å². The predicted octanol–water partition coefficient (Wildman–Crippen LogP) is 15.7. The second-order valence-electron chi connectivity index (χ2n) is 15.7. The van der Waals surface area contributed by atoms with Gasteiger partial charge in [0.2, 0.25) is 0 Å². The third-order valence-corrected chi connectivity index (χ3v) is 13.4. The Labute approximate surface area is 354 Å². The van der Waals surface area contributed by atoms with Crippen LogP contribution in [0.3, 0.4) is 0 Å². The third-order valence-electron chi connectivity index (χ3n) is 12.2. The van der Waals surface area contributed by atoms with Crippen LogP contribution in [0, 0.1) is 0 Å². The zero-order valence-electron chi connectivity index (χ0n) is 32.7. The number of aromatic nitrogens is 3. The molecule has 0 aliphatic heterocycles. The van der Waals surface area contributed by atoms with Crippen LogP contribution >= 0.6 is 11.3 Å². The molecule has 0 amide bonds. The molecule has 61 heavy (non-hydrogen) atoms. The Balaban J connectivity index is 1.05. The maximum absolute atomic E-state index is 7.21. The van der Waals surface area contributed by atoms with Crippen LogP contribution in [0.4, 0.5) is 0 Å². The fourth-order valence-electron chi connectivity index (χ4n) is 9.40. The summed E-state index contributed by atoms with van der Waals surface area (Å²) in [7, 11) is 0. The van der Waals surface area contributed by atoms with Crippen LogP contribution in [0.5, 0.6) is 0 Å². The lowest BCUT2D eigenvalue weighted by atomic mass is 9.97. The molecule has 0 spiro atoms. The molecule has 13 rings (SSSR count). The molecule has 284 valence electrons. The number of hydrogen-bond donors (Lipinski definition) is 0. The Kier molecular flexibility index (Phi) is 7.44. The van der Waals surface area contributed by atoms with Crippen LogP contribution in [0.15, 0.2) is 205 Å². The van der Waals surface area contributed by atoms with E-state index in [4.69, 9.17) is 14.4 Å². The fourth-order valence-corrected chi connectivity index (χ4v) is 10.5. The lowest BCUT2D eigenvalue weighted by molar-refractivity contribution is 0.671. The molecular formula is C56H33N3OS. The molecule has 0 atom stereocenters. The maximum Gasteiger partial charge on any atom is 0.164 e. The van der Waals surface area contributed by atoms with Crippen LogP contribution in [0.25, 0.3) is 125 Å². The Morgan fingerprint density at radius 3 is 1.93 bits per heavy atom. The number of rotatable bonds is 5. The first kappa shape index (κ1) is 34.0. The summed E-state index contributed by atoms with van der Waals surface area (Å²) in [5.74, 6) is 0.643. The number of benzene rings is 9. The minimum absolute atomic E-state index is 0.643. The first-order chi connectivity index (χ1) is 30.2. The summed E-state index contributed by atoms with van der Waals surface area (Å²) in [6, 6.07) is 71.2. The van der Waals surface area contributed by atoms with E-state index >= 15 is 0 Å². The van der Waals surface area contributed by atoms with Gasteiger partial charge in [0, 0.05) is 48.4 Å². The summed E-state index contributed by atoms with van der Waals surface area (Å²) < 4.78 is 11.8. The maximum atomic E-state index is 7.21. The molecule has 0 saturated heterocycles. The van der Waals surface area contributed by atoms with Gasteiger partial charge in [-0.3, -0.25) is 0 Å². The summed E-state index contributed by atoms with van der Waals surface area (Å²) in [6.45, 7) is 0. The number of nitrogens with zero attached hydrogens (tertiary/aromatic N) is 3. The molecule has 0 aliphatic carbocycles. The predicted molar refractivity (Wildman–Crippen MR) is 256 cm³/mol. The van der Waals surface area contributed by atoms with Crippen LogP contribution in [0.2, 0.25) is 0 Å². The lowest BCUT2D eigenvalue weighted by Gasteiger charge is -2.10. The average Bonchev–Trinajstić information content (AvgIpc) is 4.02. The zero-order chi connectivity index (χ0) is 40.0. The van der Waals surface area contributed by atoms with Gasteiger partial charge in [-0.2, -0.15) is 0 Å². The summed E-state index contributed by atoms with van der Waals surface area (Å²) in [6.07, 6.45) is 0. The third kappa shape index (κ3) is 5.24. The SMILES string of the molecule is c1ccc(-c2ccc(-c3nc(-c4cc5ccccc5c5c4oc4c(-c6ccc7c(c6)c6ccccc6n7-c6ccccc6)cccc45)nc4c3sc3ccccc34)cc2)cc1. The highest BCUT2D eigenvalue weighted by Crippen LogP contribution is 2.46. The number of hydrogen-bond acceptors (Lipinski definition) is 4. The van der Waals surface area contributed by atoms with Gasteiger partial charge in [-0.15, -0.1) is 11.3 Å². The van der Waals surface area contributed by atoms with Gasteiger partial charge in [0.25, 0.3) is 0 Å². The van der Waals surface area contributed by atoms with E-state index in [0.29, 0.717) is 5.82 Å². The standard InChI is InChI=1S/C56H33N3OS/c1-3-14-34(15-4-1)35-26-28-36(29-27-35)51-55-52(43-21-10-12-25-49(43)61-55)58-56(57-51)46-33-37-16-7-8-19-40(37)50-44-23-13-22-41(53(44)60-54(46)50)38-30-31-48-45(32-38)42-20-9-11-24-47(42)59(48)39-17-5-2-6-18-39/h1-33H. The molecule has 0 unspecified atom stereocenters. The molecule has 4 heterocycles. The van der Waals surface area contributed by atoms with E-state index in [1.54, 1.807) is 11.3 Å². The van der Waals surface area contributed by atoms with Crippen molar-refractivity contribution < 1.29 is 4.42 Å². The van der Waals surface area contributed by atoms with E-state index in [0.717, 1.165) is 81.9 Å². The zero-order valence-corrected chi connectivity index (χ0v) is 33.5. The van der Waals surface area contributed by atoms with Crippen LogP contribution in [0.1, 0.15) is 0 Å². The highest BCUT2D eigenvalue weighted by molar-refractivity contribution is 7.26. The molecule has 0 radical (unpaired) electrons. The highest BCUT2D eigenvalue weighted by atomic mass is 32.1. The number of fused-ring (bicyclic) bond motifs is 11. The van der Waals surface area contributed by atoms with E-state index in [1.165, 1.54) is 37.6 Å². The van der Waals surface area contributed by atoms with E-state index in [9.17, 15) is 0 Å². The van der Waals surface area contributed by atoms with E-state index < -0.39 is 0 Å². The molecule has 0 N–H and O–H groups in total. The number of furan rings is 1. The lowest BCUT2D eigenvalue weighted by Crippen LogP contribution is -1.94. The summed E-state index contributed by atoms with van der Waals surface area (Å²) in [5, 5.41) is 7.92. The largest absolute Gasteiger partial charge is 0.455 e. The first-order valence-corrected chi connectivity index (χ1v) is 21.4. The van der Waals surface area contributed by atoms with Crippen molar-refractivity contribution in [2.75, 3.05) is 0 Å². The van der Waals surface area contributed by atoms with Crippen molar-refractivity contribution in [1.82, 2.24) is 14.5 Å². The number of para-hydroxylation sites is 3. The van der Waals surface area contributed by atoms with Crippen molar-refractivity contribution in [3.8, 4) is 50.6 Å². The van der Waals surface area contributed by atoms with Gasteiger partial charge in [-0.05, 0) is 69.9 Å². The van der Waals surface area contributed by atoms with Gasteiger partial charge in [-0.25, -0.2) is 9.97 Å². The average molecular weight is 796 g/mol. The van der Waals surface area contributed by atoms with Gasteiger partial charge in [0.05, 0.1) is 32.5 Å². The van der Waals surface area contributed by atoms with Crippen molar-refractivity contribution in [1.29, 1.82) is 0 Å².